The number of aromatic nitrogens is 1. The molecule has 0 aliphatic rings. The first-order valence-electron chi connectivity index (χ1n) is 7.73. The Kier molecular flexibility index (Phi) is 12.0. The van der Waals surface area contributed by atoms with E-state index in [2.05, 4.69) is 25.9 Å². The highest BCUT2D eigenvalue weighted by Crippen LogP contribution is 2.21. The molecule has 5 nitrogen and oxygen atoms in total. The van der Waals surface area contributed by atoms with Crippen LogP contribution in [-0.2, 0) is 10.2 Å². The number of aryl methyl sites for hydroxylation is 2. The first kappa shape index (κ1) is 23.8. The third-order valence-corrected chi connectivity index (χ3v) is 2.67. The van der Waals surface area contributed by atoms with Crippen molar-refractivity contribution in [2.45, 2.75) is 53.9 Å². The normalized spacial score (nSPS) is 9.29. The average molecular weight is 335 g/mol. The predicted octanol–water partition coefficient (Wildman–Crippen LogP) is 4.82. The Balaban J connectivity index is 0. The van der Waals surface area contributed by atoms with Gasteiger partial charge in [-0.15, -0.1) is 0 Å². The van der Waals surface area contributed by atoms with E-state index >= 15 is 0 Å². The fourth-order valence-corrected chi connectivity index (χ4v) is 1.41. The standard InChI is InChI=1S/C8H13NO.C8H8O2.C2H6.CH2O/c1-6-5-7(10-9-6)8(2,3)4;1-6-2-4-7(5-3-6)8(9)10;2*1-2/h5H,1-4H3;2-5H,1H3,(H,9,10);1-2H3;1H2. The number of carbonyl (C=O) groups is 2. The Morgan fingerprint density at radius 3 is 1.79 bits per heavy atom. The molecule has 0 radical (unpaired) electrons. The molecule has 0 amide bonds. The van der Waals surface area contributed by atoms with E-state index < -0.39 is 5.97 Å². The molecule has 2 rings (SSSR count). The van der Waals surface area contributed by atoms with E-state index in [1.54, 1.807) is 24.3 Å². The van der Waals surface area contributed by atoms with E-state index in [-0.39, 0.29) is 5.41 Å². The van der Waals surface area contributed by atoms with E-state index in [4.69, 9.17) is 14.4 Å². The van der Waals surface area contributed by atoms with Crippen LogP contribution >= 0.6 is 0 Å². The number of hydrogen-bond donors (Lipinski definition) is 1. The lowest BCUT2D eigenvalue weighted by molar-refractivity contribution is -0.0980. The van der Waals surface area contributed by atoms with Crippen molar-refractivity contribution < 1.29 is 19.2 Å². The number of carbonyl (C=O) groups excluding carboxylic acids is 1. The van der Waals surface area contributed by atoms with Crippen molar-refractivity contribution in [2.24, 2.45) is 0 Å². The number of benzene rings is 1. The largest absolute Gasteiger partial charge is 0.478 e. The van der Waals surface area contributed by atoms with Crippen molar-refractivity contribution in [3.05, 3.63) is 52.9 Å². The van der Waals surface area contributed by atoms with Gasteiger partial charge in [-0.1, -0.05) is 57.5 Å². The quantitative estimate of drug-likeness (QED) is 0.808. The molecule has 0 saturated carbocycles. The van der Waals surface area contributed by atoms with E-state index in [9.17, 15) is 4.79 Å². The minimum Gasteiger partial charge on any atom is -0.478 e. The number of carboxylic acids is 1. The van der Waals surface area contributed by atoms with Crippen molar-refractivity contribution >= 4 is 12.8 Å². The Labute approximate surface area is 144 Å². The molecule has 2 aromatic rings. The summed E-state index contributed by atoms with van der Waals surface area (Å²) in [6.07, 6.45) is 0. The van der Waals surface area contributed by atoms with Gasteiger partial charge in [0.2, 0.25) is 0 Å². The van der Waals surface area contributed by atoms with Crippen LogP contribution in [-0.4, -0.2) is 23.0 Å². The van der Waals surface area contributed by atoms with E-state index in [1.807, 2.05) is 40.6 Å². The smallest absolute Gasteiger partial charge is 0.335 e. The van der Waals surface area contributed by atoms with Crippen molar-refractivity contribution in [1.82, 2.24) is 5.16 Å². The molecule has 0 atom stereocenters. The zero-order chi connectivity index (χ0) is 19.3. The lowest BCUT2D eigenvalue weighted by Crippen LogP contribution is -2.09. The fourth-order valence-electron chi connectivity index (χ4n) is 1.41. The average Bonchev–Trinajstić information content (AvgIpc) is 2.99. The van der Waals surface area contributed by atoms with E-state index in [0.29, 0.717) is 5.56 Å². The number of carboxylic acid groups (broad SMARTS) is 1. The molecule has 1 N–H and O–H groups in total. The van der Waals surface area contributed by atoms with Gasteiger partial charge in [-0.3, -0.25) is 0 Å². The molecule has 0 bridgehead atoms. The summed E-state index contributed by atoms with van der Waals surface area (Å²) in [5.41, 5.74) is 2.45. The number of rotatable bonds is 1. The van der Waals surface area contributed by atoms with Crippen LogP contribution in [0.15, 0.2) is 34.9 Å². The molecule has 0 aliphatic heterocycles. The summed E-state index contributed by atoms with van der Waals surface area (Å²) in [5.74, 6) is 0.0741. The van der Waals surface area contributed by atoms with Crippen molar-refractivity contribution in [3.63, 3.8) is 0 Å². The molecule has 24 heavy (non-hydrogen) atoms. The van der Waals surface area contributed by atoms with Crippen LogP contribution in [0.4, 0.5) is 0 Å². The molecule has 0 fully saturated rings. The lowest BCUT2D eigenvalue weighted by Gasteiger charge is -2.11. The highest BCUT2D eigenvalue weighted by Gasteiger charge is 2.18. The van der Waals surface area contributed by atoms with Gasteiger partial charge >= 0.3 is 5.97 Å². The first-order valence-corrected chi connectivity index (χ1v) is 7.73. The van der Waals surface area contributed by atoms with Gasteiger partial charge in [0, 0.05) is 11.5 Å². The van der Waals surface area contributed by atoms with Gasteiger partial charge < -0.3 is 14.4 Å². The molecular formula is C19H29NO4. The lowest BCUT2D eigenvalue weighted by atomic mass is 9.93. The van der Waals surface area contributed by atoms with Gasteiger partial charge in [0.15, 0.2) is 0 Å². The predicted molar refractivity (Wildman–Crippen MR) is 96.5 cm³/mol. The van der Waals surface area contributed by atoms with Gasteiger partial charge in [0.25, 0.3) is 0 Å². The van der Waals surface area contributed by atoms with Crippen LogP contribution < -0.4 is 0 Å². The van der Waals surface area contributed by atoms with Crippen molar-refractivity contribution in [3.8, 4) is 0 Å². The van der Waals surface area contributed by atoms with Crippen LogP contribution in [0.25, 0.3) is 0 Å². The monoisotopic (exact) mass is 335 g/mol. The molecule has 1 heterocycles. The molecule has 0 spiro atoms. The zero-order valence-electron chi connectivity index (χ0n) is 15.7. The summed E-state index contributed by atoms with van der Waals surface area (Å²) < 4.78 is 5.08. The molecule has 0 saturated heterocycles. The maximum Gasteiger partial charge on any atom is 0.335 e. The summed E-state index contributed by atoms with van der Waals surface area (Å²) in [7, 11) is 0. The first-order chi connectivity index (χ1) is 11.2. The SMILES string of the molecule is C=O.CC.Cc1cc(C(C)(C)C)on1.Cc1ccc(C(=O)O)cc1. The Morgan fingerprint density at radius 1 is 1.08 bits per heavy atom. The van der Waals surface area contributed by atoms with Gasteiger partial charge in [-0.25, -0.2) is 4.79 Å². The van der Waals surface area contributed by atoms with Crippen LogP contribution in [0, 0.1) is 13.8 Å². The van der Waals surface area contributed by atoms with Crippen molar-refractivity contribution in [2.75, 3.05) is 0 Å². The third-order valence-electron chi connectivity index (χ3n) is 2.67. The summed E-state index contributed by atoms with van der Waals surface area (Å²) in [6.45, 7) is 16.2. The van der Waals surface area contributed by atoms with Gasteiger partial charge in [0.05, 0.1) is 11.3 Å². The van der Waals surface area contributed by atoms with Crippen LogP contribution in [0.1, 0.15) is 62.0 Å². The minimum absolute atomic E-state index is 0.0846. The Hall–Kier alpha value is -2.43. The minimum atomic E-state index is -0.875. The van der Waals surface area contributed by atoms with Crippen molar-refractivity contribution in [1.29, 1.82) is 0 Å². The Morgan fingerprint density at radius 2 is 1.54 bits per heavy atom. The summed E-state index contributed by atoms with van der Waals surface area (Å²) in [6, 6.07) is 8.72. The van der Waals surface area contributed by atoms with E-state index in [1.165, 1.54) is 0 Å². The fraction of sp³-hybridized carbons (Fsp3) is 0.421. The Bertz CT molecular complexity index is 580. The van der Waals surface area contributed by atoms with Gasteiger partial charge in [0.1, 0.15) is 12.5 Å². The molecule has 0 aliphatic carbocycles. The molecular weight excluding hydrogens is 306 g/mol. The van der Waals surface area contributed by atoms with Gasteiger partial charge in [-0.2, -0.15) is 0 Å². The van der Waals surface area contributed by atoms with Gasteiger partial charge in [-0.05, 0) is 26.0 Å². The maximum atomic E-state index is 10.3. The summed E-state index contributed by atoms with van der Waals surface area (Å²) in [4.78, 5) is 18.3. The van der Waals surface area contributed by atoms with Crippen LogP contribution in [0.5, 0.6) is 0 Å². The summed E-state index contributed by atoms with van der Waals surface area (Å²) >= 11 is 0. The van der Waals surface area contributed by atoms with E-state index in [0.717, 1.165) is 17.0 Å². The number of hydrogen-bond acceptors (Lipinski definition) is 4. The third kappa shape index (κ3) is 9.56. The molecule has 1 aromatic heterocycles. The highest BCUT2D eigenvalue weighted by molar-refractivity contribution is 5.87. The second-order valence-corrected chi connectivity index (χ2v) is 5.75. The second kappa shape index (κ2) is 12.0. The number of aromatic carboxylic acids is 1. The second-order valence-electron chi connectivity index (χ2n) is 5.75. The molecule has 0 unspecified atom stereocenters. The molecule has 134 valence electrons. The van der Waals surface area contributed by atoms with Crippen LogP contribution in [0.2, 0.25) is 0 Å². The maximum absolute atomic E-state index is 10.3. The van der Waals surface area contributed by atoms with Crippen LogP contribution in [0.3, 0.4) is 0 Å². The highest BCUT2D eigenvalue weighted by atomic mass is 16.5. The zero-order valence-corrected chi connectivity index (χ0v) is 15.7. The summed E-state index contributed by atoms with van der Waals surface area (Å²) in [5, 5.41) is 12.3. The number of nitrogens with zero attached hydrogens (tertiary/aromatic N) is 1. The molecule has 5 heteroatoms. The molecule has 1 aromatic carbocycles. The topological polar surface area (TPSA) is 80.4 Å².